The van der Waals surface area contributed by atoms with Crippen molar-refractivity contribution in [1.29, 1.82) is 0 Å². The lowest BCUT2D eigenvalue weighted by atomic mass is 10.0. The maximum Gasteiger partial charge on any atom is 0.252 e. The monoisotopic (exact) mass is 299 g/mol. The van der Waals surface area contributed by atoms with Gasteiger partial charge < -0.3 is 15.0 Å². The number of fused-ring (bicyclic) bond motifs is 1. The van der Waals surface area contributed by atoms with E-state index in [1.54, 1.807) is 14.0 Å². The zero-order valence-corrected chi connectivity index (χ0v) is 13.0. The van der Waals surface area contributed by atoms with E-state index in [1.165, 1.54) is 17.2 Å². The highest BCUT2D eigenvalue weighted by Crippen LogP contribution is 2.26. The van der Waals surface area contributed by atoms with Crippen molar-refractivity contribution in [1.82, 2.24) is 9.97 Å². The lowest BCUT2D eigenvalue weighted by Crippen LogP contribution is -2.23. The Hall–Kier alpha value is -2.30. The van der Waals surface area contributed by atoms with E-state index >= 15 is 0 Å². The number of aromatic nitrogens is 2. The van der Waals surface area contributed by atoms with Crippen molar-refractivity contribution in [2.24, 2.45) is 0 Å². The van der Waals surface area contributed by atoms with E-state index in [0.717, 1.165) is 31.4 Å². The van der Waals surface area contributed by atoms with Gasteiger partial charge in [0.25, 0.3) is 5.56 Å². The number of ether oxygens (including phenoxy) is 1. The van der Waals surface area contributed by atoms with Gasteiger partial charge in [0.2, 0.25) is 0 Å². The minimum absolute atomic E-state index is 0.120. The SMILES string of the molecule is COc1ccc2c(c1)CC(Nc1cc(=O)[nH]c(C)n1)CCC2. The van der Waals surface area contributed by atoms with Gasteiger partial charge in [0.1, 0.15) is 17.4 Å². The fourth-order valence-electron chi connectivity index (χ4n) is 3.06. The van der Waals surface area contributed by atoms with Gasteiger partial charge in [0.15, 0.2) is 0 Å². The van der Waals surface area contributed by atoms with Crippen molar-refractivity contribution in [2.45, 2.75) is 38.6 Å². The van der Waals surface area contributed by atoms with Crippen LogP contribution in [0.15, 0.2) is 29.1 Å². The maximum absolute atomic E-state index is 11.6. The molecule has 1 aliphatic carbocycles. The molecular formula is C17H21N3O2. The number of methoxy groups -OCH3 is 1. The van der Waals surface area contributed by atoms with Crippen molar-refractivity contribution in [3.63, 3.8) is 0 Å². The summed E-state index contributed by atoms with van der Waals surface area (Å²) >= 11 is 0. The van der Waals surface area contributed by atoms with Crippen molar-refractivity contribution < 1.29 is 4.74 Å². The van der Waals surface area contributed by atoms with Gasteiger partial charge >= 0.3 is 0 Å². The van der Waals surface area contributed by atoms with E-state index in [1.807, 2.05) is 6.07 Å². The molecule has 116 valence electrons. The van der Waals surface area contributed by atoms with Crippen LogP contribution in [-0.4, -0.2) is 23.1 Å². The Morgan fingerprint density at radius 2 is 2.18 bits per heavy atom. The summed E-state index contributed by atoms with van der Waals surface area (Å²) in [6.45, 7) is 1.79. The zero-order chi connectivity index (χ0) is 15.5. The van der Waals surface area contributed by atoms with Crippen LogP contribution in [0.25, 0.3) is 0 Å². The van der Waals surface area contributed by atoms with Crippen molar-refractivity contribution in [3.05, 3.63) is 51.6 Å². The molecule has 22 heavy (non-hydrogen) atoms. The predicted molar refractivity (Wildman–Crippen MR) is 86.6 cm³/mol. The maximum atomic E-state index is 11.6. The lowest BCUT2D eigenvalue weighted by Gasteiger charge is -2.18. The van der Waals surface area contributed by atoms with Gasteiger partial charge in [-0.3, -0.25) is 4.79 Å². The molecule has 5 heteroatoms. The molecule has 0 spiro atoms. The number of H-pyrrole nitrogens is 1. The van der Waals surface area contributed by atoms with E-state index in [4.69, 9.17) is 4.74 Å². The van der Waals surface area contributed by atoms with Gasteiger partial charge in [0, 0.05) is 12.1 Å². The van der Waals surface area contributed by atoms with Gasteiger partial charge in [-0.2, -0.15) is 0 Å². The molecule has 0 saturated heterocycles. The van der Waals surface area contributed by atoms with Crippen molar-refractivity contribution in [3.8, 4) is 5.75 Å². The molecule has 1 aromatic heterocycles. The fraction of sp³-hybridized carbons (Fsp3) is 0.412. The number of rotatable bonds is 3. The molecule has 0 amide bonds. The molecule has 1 heterocycles. The number of aromatic amines is 1. The van der Waals surface area contributed by atoms with Crippen molar-refractivity contribution in [2.75, 3.05) is 12.4 Å². The first-order chi connectivity index (χ1) is 10.6. The third kappa shape index (κ3) is 3.30. The minimum Gasteiger partial charge on any atom is -0.497 e. The van der Waals surface area contributed by atoms with Crippen LogP contribution < -0.4 is 15.6 Å². The first kappa shape index (κ1) is 14.6. The smallest absolute Gasteiger partial charge is 0.252 e. The number of hydrogen-bond donors (Lipinski definition) is 2. The zero-order valence-electron chi connectivity index (χ0n) is 13.0. The largest absolute Gasteiger partial charge is 0.497 e. The molecule has 2 aromatic rings. The Bertz CT molecular complexity index is 724. The van der Waals surface area contributed by atoms with Gasteiger partial charge in [-0.1, -0.05) is 6.07 Å². The highest BCUT2D eigenvalue weighted by Gasteiger charge is 2.18. The van der Waals surface area contributed by atoms with E-state index in [-0.39, 0.29) is 11.6 Å². The molecule has 5 nitrogen and oxygen atoms in total. The van der Waals surface area contributed by atoms with Crippen LogP contribution in [-0.2, 0) is 12.8 Å². The van der Waals surface area contributed by atoms with E-state index in [2.05, 4.69) is 27.4 Å². The molecule has 3 rings (SSSR count). The van der Waals surface area contributed by atoms with Gasteiger partial charge in [-0.05, 0) is 55.9 Å². The normalized spacial score (nSPS) is 17.5. The summed E-state index contributed by atoms with van der Waals surface area (Å²) in [5, 5.41) is 3.41. The van der Waals surface area contributed by atoms with Gasteiger partial charge in [-0.25, -0.2) is 4.98 Å². The first-order valence-corrected chi connectivity index (χ1v) is 7.64. The lowest BCUT2D eigenvalue weighted by molar-refractivity contribution is 0.414. The third-order valence-corrected chi connectivity index (χ3v) is 4.09. The number of nitrogens with zero attached hydrogens (tertiary/aromatic N) is 1. The van der Waals surface area contributed by atoms with Gasteiger partial charge in [-0.15, -0.1) is 0 Å². The summed E-state index contributed by atoms with van der Waals surface area (Å²) in [6, 6.07) is 8.10. The van der Waals surface area contributed by atoms with Crippen LogP contribution in [0.5, 0.6) is 5.75 Å². The Labute approximate surface area is 129 Å². The molecule has 0 aliphatic heterocycles. The molecule has 1 aliphatic rings. The van der Waals surface area contributed by atoms with Crippen LogP contribution in [0, 0.1) is 6.92 Å². The minimum atomic E-state index is -0.120. The molecule has 1 unspecified atom stereocenters. The van der Waals surface area contributed by atoms with E-state index < -0.39 is 0 Å². The number of nitrogens with one attached hydrogen (secondary N) is 2. The molecule has 0 fully saturated rings. The van der Waals surface area contributed by atoms with Gasteiger partial charge in [0.05, 0.1) is 7.11 Å². The quantitative estimate of drug-likeness (QED) is 0.854. The van der Waals surface area contributed by atoms with Crippen LogP contribution in [0.3, 0.4) is 0 Å². The molecule has 1 aromatic carbocycles. The molecule has 1 atom stereocenters. The number of anilines is 1. The summed E-state index contributed by atoms with van der Waals surface area (Å²) in [4.78, 5) is 18.6. The van der Waals surface area contributed by atoms with Crippen LogP contribution in [0.4, 0.5) is 5.82 Å². The Balaban J connectivity index is 1.81. The summed E-state index contributed by atoms with van der Waals surface area (Å²) in [5.41, 5.74) is 2.58. The molecule has 0 bridgehead atoms. The van der Waals surface area contributed by atoms with Crippen LogP contribution >= 0.6 is 0 Å². The second-order valence-electron chi connectivity index (χ2n) is 5.79. The molecule has 0 radical (unpaired) electrons. The highest BCUT2D eigenvalue weighted by molar-refractivity contribution is 5.40. The van der Waals surface area contributed by atoms with E-state index in [9.17, 15) is 4.79 Å². The summed E-state index contributed by atoms with van der Waals surface area (Å²) < 4.78 is 5.33. The average Bonchev–Trinajstić information content (AvgIpc) is 2.66. The summed E-state index contributed by atoms with van der Waals surface area (Å²) in [7, 11) is 1.69. The highest BCUT2D eigenvalue weighted by atomic mass is 16.5. The van der Waals surface area contributed by atoms with Crippen LogP contribution in [0.2, 0.25) is 0 Å². The topological polar surface area (TPSA) is 67.0 Å². The fourth-order valence-corrected chi connectivity index (χ4v) is 3.06. The number of hydrogen-bond acceptors (Lipinski definition) is 4. The Morgan fingerprint density at radius 1 is 1.32 bits per heavy atom. The number of aryl methyl sites for hydroxylation is 2. The molecular weight excluding hydrogens is 278 g/mol. The Morgan fingerprint density at radius 3 is 2.95 bits per heavy atom. The number of benzene rings is 1. The predicted octanol–water partition coefficient (Wildman–Crippen LogP) is 2.45. The van der Waals surface area contributed by atoms with E-state index in [0.29, 0.717) is 11.6 Å². The second kappa shape index (κ2) is 6.22. The average molecular weight is 299 g/mol. The summed E-state index contributed by atoms with van der Waals surface area (Å²) in [6.07, 6.45) is 4.18. The van der Waals surface area contributed by atoms with Crippen LogP contribution in [0.1, 0.15) is 29.8 Å². The third-order valence-electron chi connectivity index (χ3n) is 4.09. The molecule has 0 saturated carbocycles. The molecule has 2 N–H and O–H groups in total. The standard InChI is InChI=1S/C17H21N3O2/c1-11-18-16(10-17(21)19-11)20-14-5-3-4-12-6-7-15(22-2)9-13(12)8-14/h6-7,9-10,14H,3-5,8H2,1-2H3,(H2,18,19,20,21). The Kier molecular flexibility index (Phi) is 4.13. The summed E-state index contributed by atoms with van der Waals surface area (Å²) in [5.74, 6) is 2.17. The van der Waals surface area contributed by atoms with Crippen molar-refractivity contribution >= 4 is 5.82 Å². The first-order valence-electron chi connectivity index (χ1n) is 7.64. The second-order valence-corrected chi connectivity index (χ2v) is 5.79.